The SMILES string of the molecule is COc1cc([C@@H](CCO)OC)cc(OC)c1O. The molecule has 1 aromatic carbocycles. The van der Waals surface area contributed by atoms with Crippen LogP contribution in [-0.4, -0.2) is 38.1 Å². The summed E-state index contributed by atoms with van der Waals surface area (Å²) in [7, 11) is 4.49. The van der Waals surface area contributed by atoms with Crippen molar-refractivity contribution in [2.75, 3.05) is 27.9 Å². The fraction of sp³-hybridized carbons (Fsp3) is 0.500. The van der Waals surface area contributed by atoms with Crippen LogP contribution in [0.25, 0.3) is 0 Å². The zero-order chi connectivity index (χ0) is 12.8. The Morgan fingerprint density at radius 3 is 2.00 bits per heavy atom. The lowest BCUT2D eigenvalue weighted by molar-refractivity contribution is 0.0771. The molecule has 0 radical (unpaired) electrons. The van der Waals surface area contributed by atoms with E-state index in [1.807, 2.05) is 0 Å². The molecule has 0 saturated carbocycles. The lowest BCUT2D eigenvalue weighted by atomic mass is 10.1. The van der Waals surface area contributed by atoms with E-state index in [4.69, 9.17) is 19.3 Å². The maximum Gasteiger partial charge on any atom is 0.200 e. The van der Waals surface area contributed by atoms with Gasteiger partial charge in [-0.05, 0) is 17.7 Å². The fourth-order valence-corrected chi connectivity index (χ4v) is 1.64. The van der Waals surface area contributed by atoms with Gasteiger partial charge in [-0.1, -0.05) is 0 Å². The van der Waals surface area contributed by atoms with Crippen molar-refractivity contribution < 1.29 is 24.4 Å². The van der Waals surface area contributed by atoms with Crippen LogP contribution in [-0.2, 0) is 4.74 Å². The fourth-order valence-electron chi connectivity index (χ4n) is 1.64. The first kappa shape index (κ1) is 13.6. The van der Waals surface area contributed by atoms with Crippen LogP contribution in [0.5, 0.6) is 17.2 Å². The summed E-state index contributed by atoms with van der Waals surface area (Å²) < 4.78 is 15.4. The van der Waals surface area contributed by atoms with Crippen LogP contribution in [0, 0.1) is 0 Å². The van der Waals surface area contributed by atoms with Gasteiger partial charge in [-0.25, -0.2) is 0 Å². The van der Waals surface area contributed by atoms with E-state index in [-0.39, 0.29) is 18.5 Å². The van der Waals surface area contributed by atoms with Gasteiger partial charge in [-0.2, -0.15) is 0 Å². The molecule has 96 valence electrons. The van der Waals surface area contributed by atoms with E-state index in [1.54, 1.807) is 19.2 Å². The Hall–Kier alpha value is -1.46. The van der Waals surface area contributed by atoms with Crippen molar-refractivity contribution in [3.05, 3.63) is 17.7 Å². The summed E-state index contributed by atoms with van der Waals surface area (Å²) in [5.41, 5.74) is 0.785. The van der Waals surface area contributed by atoms with E-state index in [9.17, 15) is 5.11 Å². The predicted molar refractivity (Wildman–Crippen MR) is 62.7 cm³/mol. The predicted octanol–water partition coefficient (Wildman–Crippen LogP) is 1.48. The Balaban J connectivity index is 3.15. The molecule has 1 aromatic rings. The first-order valence-electron chi connectivity index (χ1n) is 5.26. The quantitative estimate of drug-likeness (QED) is 0.790. The van der Waals surface area contributed by atoms with Crippen molar-refractivity contribution in [2.45, 2.75) is 12.5 Å². The minimum atomic E-state index is -0.261. The lowest BCUT2D eigenvalue weighted by Gasteiger charge is -2.17. The third-order valence-electron chi connectivity index (χ3n) is 2.55. The standard InChI is InChI=1S/C12H18O5/c1-15-9(4-5-13)8-6-10(16-2)12(14)11(7-8)17-3/h6-7,9,13-14H,4-5H2,1-3H3/t9-/m1/s1. The molecule has 0 saturated heterocycles. The van der Waals surface area contributed by atoms with Crippen LogP contribution in [0.3, 0.4) is 0 Å². The van der Waals surface area contributed by atoms with E-state index in [1.165, 1.54) is 14.2 Å². The number of phenols is 1. The normalized spacial score (nSPS) is 12.2. The third-order valence-corrected chi connectivity index (χ3v) is 2.55. The molecular formula is C12H18O5. The Labute approximate surface area is 101 Å². The minimum Gasteiger partial charge on any atom is -0.502 e. The second kappa shape index (κ2) is 6.32. The smallest absolute Gasteiger partial charge is 0.200 e. The van der Waals surface area contributed by atoms with Crippen molar-refractivity contribution in [1.29, 1.82) is 0 Å². The van der Waals surface area contributed by atoms with Gasteiger partial charge in [0, 0.05) is 20.1 Å². The van der Waals surface area contributed by atoms with Crippen molar-refractivity contribution in [1.82, 2.24) is 0 Å². The number of aliphatic hydroxyl groups is 1. The summed E-state index contributed by atoms with van der Waals surface area (Å²) in [6.07, 6.45) is 0.205. The van der Waals surface area contributed by atoms with E-state index >= 15 is 0 Å². The summed E-state index contributed by atoms with van der Waals surface area (Å²) in [6, 6.07) is 3.34. The van der Waals surface area contributed by atoms with Gasteiger partial charge in [0.2, 0.25) is 5.75 Å². The van der Waals surface area contributed by atoms with Crippen LogP contribution in [0.2, 0.25) is 0 Å². The molecule has 0 unspecified atom stereocenters. The third kappa shape index (κ3) is 3.01. The molecule has 0 fully saturated rings. The number of hydrogen-bond donors (Lipinski definition) is 2. The molecule has 1 atom stereocenters. The minimum absolute atomic E-state index is 0.0179. The highest BCUT2D eigenvalue weighted by Crippen LogP contribution is 2.39. The van der Waals surface area contributed by atoms with E-state index < -0.39 is 0 Å². The Bertz CT molecular complexity index is 339. The molecule has 0 aliphatic carbocycles. The molecule has 0 aliphatic heterocycles. The molecule has 0 spiro atoms. The van der Waals surface area contributed by atoms with Gasteiger partial charge in [-0.15, -0.1) is 0 Å². The van der Waals surface area contributed by atoms with Gasteiger partial charge in [0.05, 0.1) is 20.3 Å². The summed E-state index contributed by atoms with van der Waals surface area (Å²) >= 11 is 0. The van der Waals surface area contributed by atoms with Gasteiger partial charge >= 0.3 is 0 Å². The summed E-state index contributed by atoms with van der Waals surface area (Å²) in [5.74, 6) is 0.594. The van der Waals surface area contributed by atoms with Gasteiger partial charge < -0.3 is 24.4 Å². The molecule has 17 heavy (non-hydrogen) atoms. The number of ether oxygens (including phenoxy) is 3. The van der Waals surface area contributed by atoms with E-state index in [2.05, 4.69) is 0 Å². The number of phenolic OH excluding ortho intramolecular Hbond substituents is 1. The van der Waals surface area contributed by atoms with Crippen molar-refractivity contribution >= 4 is 0 Å². The van der Waals surface area contributed by atoms with Crippen molar-refractivity contribution in [3.63, 3.8) is 0 Å². The molecule has 5 heteroatoms. The highest BCUT2D eigenvalue weighted by molar-refractivity contribution is 5.53. The Kier molecular flexibility index (Phi) is 5.06. The van der Waals surface area contributed by atoms with Crippen molar-refractivity contribution in [3.8, 4) is 17.2 Å². The molecule has 0 aromatic heterocycles. The summed E-state index contributed by atoms with van der Waals surface area (Å²) in [4.78, 5) is 0. The first-order chi connectivity index (χ1) is 8.17. The molecule has 5 nitrogen and oxygen atoms in total. The van der Waals surface area contributed by atoms with E-state index in [0.29, 0.717) is 17.9 Å². The average Bonchev–Trinajstić information content (AvgIpc) is 2.36. The highest BCUT2D eigenvalue weighted by atomic mass is 16.5. The largest absolute Gasteiger partial charge is 0.502 e. The number of aromatic hydroxyl groups is 1. The van der Waals surface area contributed by atoms with Gasteiger partial charge in [0.25, 0.3) is 0 Å². The number of benzene rings is 1. The van der Waals surface area contributed by atoms with Gasteiger partial charge in [0.15, 0.2) is 11.5 Å². The molecule has 0 amide bonds. The number of rotatable bonds is 6. The van der Waals surface area contributed by atoms with Crippen LogP contribution >= 0.6 is 0 Å². The molecule has 2 N–H and O–H groups in total. The molecule has 0 bridgehead atoms. The Morgan fingerprint density at radius 1 is 1.12 bits per heavy atom. The Morgan fingerprint density at radius 2 is 1.65 bits per heavy atom. The maximum atomic E-state index is 9.76. The monoisotopic (exact) mass is 242 g/mol. The molecule has 0 heterocycles. The zero-order valence-electron chi connectivity index (χ0n) is 10.3. The zero-order valence-corrected chi connectivity index (χ0v) is 10.3. The topological polar surface area (TPSA) is 68.2 Å². The van der Waals surface area contributed by atoms with E-state index in [0.717, 1.165) is 5.56 Å². The number of aliphatic hydroxyl groups excluding tert-OH is 1. The van der Waals surface area contributed by atoms with Gasteiger partial charge in [-0.3, -0.25) is 0 Å². The molecule has 1 rings (SSSR count). The highest BCUT2D eigenvalue weighted by Gasteiger charge is 2.17. The first-order valence-corrected chi connectivity index (χ1v) is 5.26. The lowest BCUT2D eigenvalue weighted by Crippen LogP contribution is -2.05. The second-order valence-corrected chi connectivity index (χ2v) is 3.51. The molecular weight excluding hydrogens is 224 g/mol. The van der Waals surface area contributed by atoms with Crippen LogP contribution in [0.4, 0.5) is 0 Å². The van der Waals surface area contributed by atoms with Crippen molar-refractivity contribution in [2.24, 2.45) is 0 Å². The average molecular weight is 242 g/mol. The van der Waals surface area contributed by atoms with Crippen LogP contribution < -0.4 is 9.47 Å². The second-order valence-electron chi connectivity index (χ2n) is 3.51. The molecule has 0 aliphatic rings. The van der Waals surface area contributed by atoms with Crippen LogP contribution in [0.1, 0.15) is 18.1 Å². The number of methoxy groups -OCH3 is 3. The summed E-state index contributed by atoms with van der Waals surface area (Å²) in [6.45, 7) is 0.0179. The number of hydrogen-bond acceptors (Lipinski definition) is 5. The van der Waals surface area contributed by atoms with Crippen LogP contribution in [0.15, 0.2) is 12.1 Å². The summed E-state index contributed by atoms with van der Waals surface area (Å²) in [5, 5.41) is 18.7. The van der Waals surface area contributed by atoms with Gasteiger partial charge in [0.1, 0.15) is 0 Å². The maximum absolute atomic E-state index is 9.76.